The SMILES string of the molecule is C1CCN(CCC2CCOCC2)CC1.COc1ccc2c(c1)SCc1c-2n[nH]c1C(=O)N1CCOCC1. The number of hydrogen-bond donors (Lipinski definition) is 1. The van der Waals surface area contributed by atoms with Gasteiger partial charge in [0, 0.05) is 48.1 Å². The van der Waals surface area contributed by atoms with E-state index in [1.54, 1.807) is 18.9 Å². The van der Waals surface area contributed by atoms with Crippen LogP contribution in [0.25, 0.3) is 11.3 Å². The zero-order valence-electron chi connectivity index (χ0n) is 22.0. The van der Waals surface area contributed by atoms with Crippen LogP contribution in [-0.4, -0.2) is 92.2 Å². The molecule has 1 amide bonds. The van der Waals surface area contributed by atoms with E-state index in [0.29, 0.717) is 32.0 Å². The van der Waals surface area contributed by atoms with Crippen molar-refractivity contribution in [3.05, 3.63) is 29.5 Å². The van der Waals surface area contributed by atoms with Gasteiger partial charge in [0.1, 0.15) is 11.4 Å². The van der Waals surface area contributed by atoms with Crippen LogP contribution < -0.4 is 4.74 Å². The first kappa shape index (κ1) is 26.5. The Bertz CT molecular complexity index is 1010. The highest BCUT2D eigenvalue weighted by atomic mass is 32.2. The minimum atomic E-state index is 0.0135. The minimum absolute atomic E-state index is 0.0135. The van der Waals surface area contributed by atoms with E-state index in [2.05, 4.69) is 15.1 Å². The number of carbonyl (C=O) groups excluding carboxylic acids is 1. The van der Waals surface area contributed by atoms with Crippen molar-refractivity contribution in [3.63, 3.8) is 0 Å². The lowest BCUT2D eigenvalue weighted by atomic mass is 9.96. The number of methoxy groups -OCH3 is 1. The second-order valence-corrected chi connectivity index (χ2v) is 11.2. The highest BCUT2D eigenvalue weighted by molar-refractivity contribution is 7.98. The van der Waals surface area contributed by atoms with E-state index in [1.165, 1.54) is 58.2 Å². The summed E-state index contributed by atoms with van der Waals surface area (Å²) in [5, 5.41) is 7.37. The fourth-order valence-corrected chi connectivity index (χ4v) is 6.61. The van der Waals surface area contributed by atoms with Crippen LogP contribution in [-0.2, 0) is 15.2 Å². The van der Waals surface area contributed by atoms with Crippen LogP contribution in [0.2, 0.25) is 0 Å². The number of carbonyl (C=O) groups is 1. The Morgan fingerprint density at radius 3 is 2.59 bits per heavy atom. The molecule has 1 N–H and O–H groups in total. The van der Waals surface area contributed by atoms with Crippen LogP contribution in [0.1, 0.15) is 54.6 Å². The zero-order chi connectivity index (χ0) is 25.5. The number of rotatable bonds is 5. The van der Waals surface area contributed by atoms with Crippen molar-refractivity contribution in [1.82, 2.24) is 20.0 Å². The Labute approximate surface area is 224 Å². The highest BCUT2D eigenvalue weighted by Crippen LogP contribution is 2.43. The monoisotopic (exact) mass is 528 g/mol. The first-order valence-electron chi connectivity index (χ1n) is 13.8. The molecule has 0 unspecified atom stereocenters. The molecule has 0 atom stereocenters. The lowest BCUT2D eigenvalue weighted by Crippen LogP contribution is -2.41. The van der Waals surface area contributed by atoms with Gasteiger partial charge in [-0.1, -0.05) is 6.42 Å². The summed E-state index contributed by atoms with van der Waals surface area (Å²) in [7, 11) is 1.66. The summed E-state index contributed by atoms with van der Waals surface area (Å²) in [6.07, 6.45) is 8.31. The number of fused-ring (bicyclic) bond motifs is 3. The number of aromatic nitrogens is 2. The van der Waals surface area contributed by atoms with Crippen LogP contribution in [0.3, 0.4) is 0 Å². The smallest absolute Gasteiger partial charge is 0.272 e. The van der Waals surface area contributed by atoms with Crippen molar-refractivity contribution in [1.29, 1.82) is 0 Å². The van der Waals surface area contributed by atoms with Crippen molar-refractivity contribution in [3.8, 4) is 17.0 Å². The highest BCUT2D eigenvalue weighted by Gasteiger charge is 2.29. The number of benzene rings is 1. The van der Waals surface area contributed by atoms with Crippen LogP contribution >= 0.6 is 11.8 Å². The van der Waals surface area contributed by atoms with E-state index in [-0.39, 0.29) is 5.91 Å². The van der Waals surface area contributed by atoms with E-state index in [4.69, 9.17) is 14.2 Å². The van der Waals surface area contributed by atoms with Crippen molar-refractivity contribution in [2.45, 2.75) is 49.2 Å². The molecule has 8 nitrogen and oxygen atoms in total. The summed E-state index contributed by atoms with van der Waals surface area (Å²) < 4.78 is 16.0. The Hall–Kier alpha value is -2.07. The summed E-state index contributed by atoms with van der Waals surface area (Å²) in [4.78, 5) is 18.3. The number of hydrogen-bond acceptors (Lipinski definition) is 7. The molecular weight excluding hydrogens is 488 g/mol. The minimum Gasteiger partial charge on any atom is -0.497 e. The molecule has 4 aliphatic rings. The average molecular weight is 529 g/mol. The summed E-state index contributed by atoms with van der Waals surface area (Å²) >= 11 is 1.71. The van der Waals surface area contributed by atoms with Gasteiger partial charge < -0.3 is 24.0 Å². The Kier molecular flexibility index (Phi) is 9.42. The van der Waals surface area contributed by atoms with Crippen LogP contribution in [0.15, 0.2) is 23.1 Å². The fourth-order valence-electron chi connectivity index (χ4n) is 5.51. The van der Waals surface area contributed by atoms with E-state index < -0.39 is 0 Å². The van der Waals surface area contributed by atoms with Gasteiger partial charge in [0.2, 0.25) is 0 Å². The fraction of sp³-hybridized carbons (Fsp3) is 0.643. The number of amides is 1. The molecule has 0 spiro atoms. The molecule has 37 heavy (non-hydrogen) atoms. The Morgan fingerprint density at radius 2 is 1.84 bits per heavy atom. The van der Waals surface area contributed by atoms with Gasteiger partial charge in [-0.05, 0) is 75.9 Å². The molecule has 9 heteroatoms. The molecule has 5 heterocycles. The number of nitrogens with one attached hydrogen (secondary N) is 1. The molecule has 2 aromatic rings. The molecular formula is C28H40N4O4S. The normalized spacial score (nSPS) is 20.4. The summed E-state index contributed by atoms with van der Waals surface area (Å²) in [5.74, 6) is 2.53. The van der Waals surface area contributed by atoms with Crippen LogP contribution in [0.4, 0.5) is 0 Å². The third-order valence-corrected chi connectivity index (χ3v) is 8.92. The number of nitrogens with zero attached hydrogens (tertiary/aromatic N) is 3. The van der Waals surface area contributed by atoms with Gasteiger partial charge in [-0.3, -0.25) is 9.89 Å². The molecule has 202 valence electrons. The number of piperidine rings is 1. The molecule has 1 aromatic carbocycles. The first-order valence-corrected chi connectivity index (χ1v) is 14.8. The molecule has 0 saturated carbocycles. The van der Waals surface area contributed by atoms with Crippen LogP contribution in [0.5, 0.6) is 5.75 Å². The third-order valence-electron chi connectivity index (χ3n) is 7.84. The number of H-pyrrole nitrogens is 1. The van der Waals surface area contributed by atoms with Crippen molar-refractivity contribution in [2.24, 2.45) is 5.92 Å². The van der Waals surface area contributed by atoms with Gasteiger partial charge in [-0.15, -0.1) is 11.8 Å². The maximum absolute atomic E-state index is 12.7. The maximum Gasteiger partial charge on any atom is 0.272 e. The number of likely N-dealkylation sites (tertiary alicyclic amines) is 1. The summed E-state index contributed by atoms with van der Waals surface area (Å²) in [5.41, 5.74) is 3.52. The number of ether oxygens (including phenoxy) is 3. The van der Waals surface area contributed by atoms with Gasteiger partial charge in [0.05, 0.1) is 26.0 Å². The number of thioether (sulfide) groups is 1. The van der Waals surface area contributed by atoms with E-state index >= 15 is 0 Å². The first-order chi connectivity index (χ1) is 18.2. The Balaban J connectivity index is 0.000000171. The Morgan fingerprint density at radius 1 is 1.08 bits per heavy atom. The van der Waals surface area contributed by atoms with Crippen molar-refractivity contribution in [2.75, 3.05) is 66.3 Å². The number of morpholine rings is 1. The third kappa shape index (κ3) is 6.69. The standard InChI is InChI=1S/C16H17N3O3S.C12H23NO/c1-21-10-2-3-11-13(8-10)23-9-12-14(11)17-18-15(12)16(20)19-4-6-22-7-5-19;1-2-7-13(8-3-1)9-4-12-5-10-14-11-6-12/h2-3,8H,4-7,9H2,1H3,(H,17,18);12H,1-11H2. The molecule has 4 aliphatic heterocycles. The van der Waals surface area contributed by atoms with Gasteiger partial charge in [0.15, 0.2) is 0 Å². The van der Waals surface area contributed by atoms with E-state index in [9.17, 15) is 4.79 Å². The summed E-state index contributed by atoms with van der Waals surface area (Å²) in [6, 6.07) is 5.94. The topological polar surface area (TPSA) is 79.9 Å². The number of aromatic amines is 1. The van der Waals surface area contributed by atoms with E-state index in [1.807, 2.05) is 23.1 Å². The van der Waals surface area contributed by atoms with Crippen molar-refractivity contribution < 1.29 is 19.0 Å². The molecule has 0 radical (unpaired) electrons. The van der Waals surface area contributed by atoms with Gasteiger partial charge in [0.25, 0.3) is 5.91 Å². The molecule has 6 rings (SSSR count). The van der Waals surface area contributed by atoms with Gasteiger partial charge in [-0.2, -0.15) is 5.10 Å². The molecule has 0 aliphatic carbocycles. The quantitative estimate of drug-likeness (QED) is 0.614. The summed E-state index contributed by atoms with van der Waals surface area (Å²) in [6.45, 7) is 8.51. The lowest BCUT2D eigenvalue weighted by molar-refractivity contribution is 0.0298. The van der Waals surface area contributed by atoms with E-state index in [0.717, 1.165) is 52.4 Å². The molecule has 3 fully saturated rings. The zero-order valence-corrected chi connectivity index (χ0v) is 22.8. The largest absolute Gasteiger partial charge is 0.497 e. The predicted octanol–water partition coefficient (Wildman–Crippen LogP) is 4.45. The second-order valence-electron chi connectivity index (χ2n) is 10.2. The lowest BCUT2D eigenvalue weighted by Gasteiger charge is -2.29. The van der Waals surface area contributed by atoms with Crippen LogP contribution in [0, 0.1) is 5.92 Å². The maximum atomic E-state index is 12.7. The van der Waals surface area contributed by atoms with Gasteiger partial charge in [-0.25, -0.2) is 0 Å². The molecule has 0 bridgehead atoms. The second kappa shape index (κ2) is 13.1. The average Bonchev–Trinajstić information content (AvgIpc) is 3.42. The molecule has 1 aromatic heterocycles. The van der Waals surface area contributed by atoms with Crippen molar-refractivity contribution >= 4 is 17.7 Å². The predicted molar refractivity (Wildman–Crippen MR) is 145 cm³/mol. The van der Waals surface area contributed by atoms with Gasteiger partial charge >= 0.3 is 0 Å². The molecule has 3 saturated heterocycles.